The number of aromatic nitrogens is 1. The van der Waals surface area contributed by atoms with Gasteiger partial charge in [0.25, 0.3) is 0 Å². The molecule has 1 aromatic carbocycles. The lowest BCUT2D eigenvalue weighted by molar-refractivity contribution is 0.0699. The van der Waals surface area contributed by atoms with Gasteiger partial charge >= 0.3 is 5.97 Å². The van der Waals surface area contributed by atoms with Gasteiger partial charge in [-0.1, -0.05) is 6.07 Å². The molecule has 0 saturated carbocycles. The van der Waals surface area contributed by atoms with E-state index in [0.717, 1.165) is 0 Å². The van der Waals surface area contributed by atoms with Crippen molar-refractivity contribution in [2.24, 2.45) is 0 Å². The lowest BCUT2D eigenvalue weighted by atomic mass is 10.1. The van der Waals surface area contributed by atoms with Gasteiger partial charge in [-0.2, -0.15) is 0 Å². The number of pyridine rings is 1. The number of carbonyl (C=O) groups is 1. The smallest absolute Gasteiger partial charge is 0.336 e. The molecular formula is C15H18N2O4. The highest BCUT2D eigenvalue weighted by Gasteiger charge is 2.12. The number of anilines is 1. The van der Waals surface area contributed by atoms with Crippen molar-refractivity contribution in [3.63, 3.8) is 0 Å². The van der Waals surface area contributed by atoms with Crippen molar-refractivity contribution in [1.82, 2.24) is 4.98 Å². The number of carboxylic acids is 1. The van der Waals surface area contributed by atoms with Gasteiger partial charge in [-0.3, -0.25) is 0 Å². The van der Waals surface area contributed by atoms with E-state index in [2.05, 4.69) is 4.98 Å². The van der Waals surface area contributed by atoms with Crippen LogP contribution in [0.5, 0.6) is 0 Å². The summed E-state index contributed by atoms with van der Waals surface area (Å²) in [7, 11) is 1.62. The number of carboxylic acid groups (broad SMARTS) is 1. The number of nitrogens with zero attached hydrogens (tertiary/aromatic N) is 2. The maximum absolute atomic E-state index is 11.2. The first-order valence-electron chi connectivity index (χ1n) is 6.65. The zero-order chi connectivity index (χ0) is 15.2. The summed E-state index contributed by atoms with van der Waals surface area (Å²) >= 11 is 0. The van der Waals surface area contributed by atoms with Crippen molar-refractivity contribution >= 4 is 22.7 Å². The van der Waals surface area contributed by atoms with Crippen molar-refractivity contribution in [1.29, 1.82) is 0 Å². The number of hydrogen-bond acceptors (Lipinski definition) is 5. The zero-order valence-corrected chi connectivity index (χ0v) is 11.8. The predicted molar refractivity (Wildman–Crippen MR) is 79.9 cm³/mol. The van der Waals surface area contributed by atoms with E-state index in [1.807, 2.05) is 4.90 Å². The number of hydrogen-bond donors (Lipinski definition) is 2. The van der Waals surface area contributed by atoms with Crippen LogP contribution in [-0.2, 0) is 4.74 Å². The van der Waals surface area contributed by atoms with Crippen LogP contribution >= 0.6 is 0 Å². The first kappa shape index (κ1) is 15.2. The first-order chi connectivity index (χ1) is 10.2. The number of ether oxygens (including phenoxy) is 1. The first-order valence-corrected chi connectivity index (χ1v) is 6.65. The van der Waals surface area contributed by atoms with Gasteiger partial charge in [0, 0.05) is 25.6 Å². The van der Waals surface area contributed by atoms with Crippen molar-refractivity contribution < 1.29 is 19.7 Å². The van der Waals surface area contributed by atoms with Gasteiger partial charge in [0.1, 0.15) is 5.82 Å². The second kappa shape index (κ2) is 7.01. The lowest BCUT2D eigenvalue weighted by Crippen LogP contribution is -2.30. The minimum atomic E-state index is -0.971. The van der Waals surface area contributed by atoms with Crippen molar-refractivity contribution in [3.05, 3.63) is 35.9 Å². The number of rotatable bonds is 7. The van der Waals surface area contributed by atoms with Crippen LogP contribution in [0.2, 0.25) is 0 Å². The summed E-state index contributed by atoms with van der Waals surface area (Å²) in [5.41, 5.74) is 0.852. The Morgan fingerprint density at radius 1 is 1.29 bits per heavy atom. The van der Waals surface area contributed by atoms with E-state index < -0.39 is 5.97 Å². The molecule has 2 N–H and O–H groups in total. The number of fused-ring (bicyclic) bond motifs is 1. The molecule has 112 valence electrons. The molecule has 0 atom stereocenters. The highest BCUT2D eigenvalue weighted by Crippen LogP contribution is 2.21. The SMILES string of the molecule is COCCN(CCO)c1ccc2c(C(=O)O)cccc2n1. The number of benzene rings is 1. The number of aliphatic hydroxyl groups excluding tert-OH is 1. The topological polar surface area (TPSA) is 82.9 Å². The van der Waals surface area contributed by atoms with E-state index in [1.54, 1.807) is 37.4 Å². The Morgan fingerprint density at radius 2 is 2.10 bits per heavy atom. The molecule has 0 spiro atoms. The molecule has 6 heteroatoms. The maximum atomic E-state index is 11.2. The van der Waals surface area contributed by atoms with Crippen LogP contribution < -0.4 is 4.90 Å². The summed E-state index contributed by atoms with van der Waals surface area (Å²) < 4.78 is 5.05. The average Bonchev–Trinajstić information content (AvgIpc) is 2.50. The van der Waals surface area contributed by atoms with E-state index in [0.29, 0.717) is 36.4 Å². The second-order valence-corrected chi connectivity index (χ2v) is 4.55. The third kappa shape index (κ3) is 3.48. The summed E-state index contributed by atoms with van der Waals surface area (Å²) in [5, 5.41) is 18.9. The summed E-state index contributed by atoms with van der Waals surface area (Å²) in [6, 6.07) is 8.52. The molecule has 2 rings (SSSR count). The quantitative estimate of drug-likeness (QED) is 0.801. The van der Waals surface area contributed by atoms with Crippen LogP contribution in [0.25, 0.3) is 10.9 Å². The molecule has 2 aromatic rings. The lowest BCUT2D eigenvalue weighted by Gasteiger charge is -2.22. The summed E-state index contributed by atoms with van der Waals surface area (Å²) in [6.45, 7) is 1.59. The van der Waals surface area contributed by atoms with Crippen molar-refractivity contribution in [2.45, 2.75) is 0 Å². The number of aliphatic hydroxyl groups is 1. The third-order valence-corrected chi connectivity index (χ3v) is 3.21. The Bertz CT molecular complexity index is 630. The molecule has 6 nitrogen and oxygen atoms in total. The monoisotopic (exact) mass is 290 g/mol. The van der Waals surface area contributed by atoms with Crippen LogP contribution in [0.1, 0.15) is 10.4 Å². The van der Waals surface area contributed by atoms with E-state index >= 15 is 0 Å². The predicted octanol–water partition coefficient (Wildman–Crippen LogP) is 1.38. The molecular weight excluding hydrogens is 272 g/mol. The summed E-state index contributed by atoms with van der Waals surface area (Å²) in [6.07, 6.45) is 0. The molecule has 0 aliphatic carbocycles. The van der Waals surface area contributed by atoms with Crippen LogP contribution in [-0.4, -0.2) is 54.6 Å². The summed E-state index contributed by atoms with van der Waals surface area (Å²) in [4.78, 5) is 17.6. The normalized spacial score (nSPS) is 10.8. The standard InChI is InChI=1S/C15H18N2O4/c1-21-10-8-17(7-9-18)14-6-5-11-12(15(19)20)3-2-4-13(11)16-14/h2-6,18H,7-10H2,1H3,(H,19,20). The Hall–Kier alpha value is -2.18. The van der Waals surface area contributed by atoms with Gasteiger partial charge in [-0.15, -0.1) is 0 Å². The second-order valence-electron chi connectivity index (χ2n) is 4.55. The van der Waals surface area contributed by atoms with Gasteiger partial charge in [-0.25, -0.2) is 9.78 Å². The Balaban J connectivity index is 2.39. The van der Waals surface area contributed by atoms with Crippen LogP contribution in [0.3, 0.4) is 0 Å². The molecule has 0 bridgehead atoms. The van der Waals surface area contributed by atoms with Gasteiger partial charge in [0.2, 0.25) is 0 Å². The molecule has 0 radical (unpaired) electrons. The molecule has 0 saturated heterocycles. The van der Waals surface area contributed by atoms with Gasteiger partial charge in [-0.05, 0) is 24.3 Å². The Labute approximate surface area is 122 Å². The van der Waals surface area contributed by atoms with E-state index in [4.69, 9.17) is 9.84 Å². The van der Waals surface area contributed by atoms with Crippen molar-refractivity contribution in [3.8, 4) is 0 Å². The number of methoxy groups -OCH3 is 1. The average molecular weight is 290 g/mol. The largest absolute Gasteiger partial charge is 0.478 e. The fourth-order valence-corrected chi connectivity index (χ4v) is 2.17. The molecule has 21 heavy (non-hydrogen) atoms. The highest BCUT2D eigenvalue weighted by molar-refractivity contribution is 6.02. The molecule has 0 aliphatic heterocycles. The fourth-order valence-electron chi connectivity index (χ4n) is 2.17. The van der Waals surface area contributed by atoms with Crippen LogP contribution in [0, 0.1) is 0 Å². The third-order valence-electron chi connectivity index (χ3n) is 3.21. The fraction of sp³-hybridized carbons (Fsp3) is 0.333. The summed E-state index contributed by atoms with van der Waals surface area (Å²) in [5.74, 6) is -0.280. The van der Waals surface area contributed by atoms with E-state index in [1.165, 1.54) is 0 Å². The van der Waals surface area contributed by atoms with E-state index in [-0.39, 0.29) is 12.2 Å². The highest BCUT2D eigenvalue weighted by atomic mass is 16.5. The Kier molecular flexibility index (Phi) is 5.08. The molecule has 0 unspecified atom stereocenters. The van der Waals surface area contributed by atoms with Crippen LogP contribution in [0.15, 0.2) is 30.3 Å². The van der Waals surface area contributed by atoms with Gasteiger partial charge in [0.05, 0.1) is 24.3 Å². The molecule has 0 fully saturated rings. The van der Waals surface area contributed by atoms with Gasteiger partial charge in [0.15, 0.2) is 0 Å². The minimum absolute atomic E-state index is 0.0125. The van der Waals surface area contributed by atoms with Gasteiger partial charge < -0.3 is 19.8 Å². The molecule has 0 amide bonds. The molecule has 0 aliphatic rings. The zero-order valence-electron chi connectivity index (χ0n) is 11.8. The number of aromatic carboxylic acids is 1. The maximum Gasteiger partial charge on any atom is 0.336 e. The Morgan fingerprint density at radius 3 is 2.76 bits per heavy atom. The van der Waals surface area contributed by atoms with E-state index in [9.17, 15) is 9.90 Å². The minimum Gasteiger partial charge on any atom is -0.478 e. The molecule has 1 heterocycles. The molecule has 1 aromatic heterocycles. The van der Waals surface area contributed by atoms with Crippen LogP contribution in [0.4, 0.5) is 5.82 Å². The van der Waals surface area contributed by atoms with Crippen molar-refractivity contribution in [2.75, 3.05) is 38.3 Å².